The van der Waals surface area contributed by atoms with Crippen LogP contribution in [0.15, 0.2) is 16.5 Å². The number of nitrogens with zero attached hydrogens (tertiary/aromatic N) is 3. The Bertz CT molecular complexity index is 575. The summed E-state index contributed by atoms with van der Waals surface area (Å²) >= 11 is 0. The number of piperazine rings is 1. The zero-order valence-corrected chi connectivity index (χ0v) is 14.0. The number of rotatable bonds is 4. The van der Waals surface area contributed by atoms with Gasteiger partial charge in [0.15, 0.2) is 0 Å². The Labute approximate surface area is 137 Å². The van der Waals surface area contributed by atoms with Crippen molar-refractivity contribution in [2.24, 2.45) is 0 Å². The number of hydrogen-bond acceptors (Lipinski definition) is 4. The third kappa shape index (κ3) is 3.42. The maximum absolute atomic E-state index is 12.8. The zero-order valence-electron chi connectivity index (χ0n) is 14.0. The summed E-state index contributed by atoms with van der Waals surface area (Å²) in [5.41, 5.74) is 0. The van der Waals surface area contributed by atoms with Crippen LogP contribution in [-0.4, -0.2) is 65.3 Å². The molecule has 0 aliphatic carbocycles. The number of aryl methyl sites for hydroxylation is 1. The van der Waals surface area contributed by atoms with Gasteiger partial charge in [-0.05, 0) is 32.0 Å². The van der Waals surface area contributed by atoms with Gasteiger partial charge in [0, 0.05) is 32.6 Å². The molecule has 0 N–H and O–H groups in total. The minimum absolute atomic E-state index is 0.0459. The van der Waals surface area contributed by atoms with Crippen molar-refractivity contribution in [1.29, 1.82) is 0 Å². The molecule has 0 unspecified atom stereocenters. The average molecular weight is 319 g/mol. The summed E-state index contributed by atoms with van der Waals surface area (Å²) in [7, 11) is 0. The first-order valence-electron chi connectivity index (χ1n) is 8.44. The van der Waals surface area contributed by atoms with Gasteiger partial charge >= 0.3 is 0 Å². The molecule has 23 heavy (non-hydrogen) atoms. The van der Waals surface area contributed by atoms with E-state index in [4.69, 9.17) is 4.42 Å². The van der Waals surface area contributed by atoms with E-state index in [0.29, 0.717) is 19.4 Å². The Balaban J connectivity index is 1.65. The number of carbonyl (C=O) groups is 2. The largest absolute Gasteiger partial charge is 0.464 e. The highest BCUT2D eigenvalue weighted by atomic mass is 16.3. The Morgan fingerprint density at radius 3 is 2.61 bits per heavy atom. The van der Waals surface area contributed by atoms with Crippen LogP contribution < -0.4 is 0 Å². The van der Waals surface area contributed by atoms with E-state index >= 15 is 0 Å². The van der Waals surface area contributed by atoms with Crippen LogP contribution in [0.5, 0.6) is 0 Å². The number of hydrogen-bond donors (Lipinski definition) is 0. The van der Waals surface area contributed by atoms with Crippen LogP contribution in [0.1, 0.15) is 31.3 Å². The number of likely N-dealkylation sites (tertiary alicyclic amines) is 1. The summed E-state index contributed by atoms with van der Waals surface area (Å²) in [4.78, 5) is 31.0. The van der Waals surface area contributed by atoms with E-state index in [1.54, 1.807) is 4.90 Å². The van der Waals surface area contributed by atoms with Crippen LogP contribution in [-0.2, 0) is 16.1 Å². The van der Waals surface area contributed by atoms with E-state index in [9.17, 15) is 9.59 Å². The van der Waals surface area contributed by atoms with Gasteiger partial charge in [-0.1, -0.05) is 6.92 Å². The van der Waals surface area contributed by atoms with Gasteiger partial charge in [-0.2, -0.15) is 0 Å². The molecule has 2 aliphatic heterocycles. The van der Waals surface area contributed by atoms with Crippen molar-refractivity contribution in [3.05, 3.63) is 23.7 Å². The lowest BCUT2D eigenvalue weighted by molar-refractivity contribution is -0.143. The van der Waals surface area contributed by atoms with Crippen molar-refractivity contribution >= 4 is 11.8 Å². The standard InChI is InChI=1S/C17H25N3O3/c1-3-18-8-10-19(11-9-18)17(22)15-6-7-16(21)20(15)12-14-5-4-13(2)23-14/h4-5,15H,3,6-12H2,1-2H3/t15-/m1/s1. The molecule has 3 heterocycles. The molecular weight excluding hydrogens is 294 g/mol. The van der Waals surface area contributed by atoms with Crippen molar-refractivity contribution in [2.75, 3.05) is 32.7 Å². The van der Waals surface area contributed by atoms with E-state index < -0.39 is 0 Å². The third-order valence-corrected chi connectivity index (χ3v) is 4.87. The Kier molecular flexibility index (Phi) is 4.71. The molecule has 6 heteroatoms. The molecule has 2 amide bonds. The topological polar surface area (TPSA) is 57.0 Å². The smallest absolute Gasteiger partial charge is 0.245 e. The fraction of sp³-hybridized carbons (Fsp3) is 0.647. The summed E-state index contributed by atoms with van der Waals surface area (Å²) in [6.07, 6.45) is 1.07. The lowest BCUT2D eigenvalue weighted by Gasteiger charge is -2.36. The van der Waals surface area contributed by atoms with Gasteiger partial charge in [0.1, 0.15) is 17.6 Å². The van der Waals surface area contributed by atoms with Crippen LogP contribution >= 0.6 is 0 Å². The summed E-state index contributed by atoms with van der Waals surface area (Å²) in [6, 6.07) is 3.43. The van der Waals surface area contributed by atoms with Crippen molar-refractivity contribution in [1.82, 2.24) is 14.7 Å². The first kappa shape index (κ1) is 16.1. The molecule has 0 bridgehead atoms. The SMILES string of the molecule is CCN1CCN(C(=O)[C@H]2CCC(=O)N2Cc2ccc(C)o2)CC1. The molecule has 2 fully saturated rings. The highest BCUT2D eigenvalue weighted by molar-refractivity contribution is 5.91. The van der Waals surface area contributed by atoms with Crippen LogP contribution in [0.4, 0.5) is 0 Å². The zero-order chi connectivity index (χ0) is 16.4. The van der Waals surface area contributed by atoms with E-state index in [2.05, 4.69) is 11.8 Å². The first-order valence-corrected chi connectivity index (χ1v) is 8.44. The van der Waals surface area contributed by atoms with E-state index in [1.165, 1.54) is 0 Å². The summed E-state index contributed by atoms with van der Waals surface area (Å²) < 4.78 is 5.57. The normalized spacial score (nSPS) is 22.9. The molecule has 6 nitrogen and oxygen atoms in total. The van der Waals surface area contributed by atoms with E-state index in [1.807, 2.05) is 24.0 Å². The lowest BCUT2D eigenvalue weighted by Crippen LogP contribution is -2.53. The van der Waals surface area contributed by atoms with Gasteiger partial charge in [-0.3, -0.25) is 9.59 Å². The summed E-state index contributed by atoms with van der Waals surface area (Å²) in [5.74, 6) is 1.70. The maximum atomic E-state index is 12.8. The number of likely N-dealkylation sites (N-methyl/N-ethyl adjacent to an activating group) is 1. The van der Waals surface area contributed by atoms with Crippen LogP contribution in [0.25, 0.3) is 0 Å². The number of carbonyl (C=O) groups excluding carboxylic acids is 2. The quantitative estimate of drug-likeness (QED) is 0.838. The minimum atomic E-state index is -0.332. The Morgan fingerprint density at radius 2 is 2.00 bits per heavy atom. The van der Waals surface area contributed by atoms with Gasteiger partial charge in [0.2, 0.25) is 11.8 Å². The Hall–Kier alpha value is -1.82. The predicted molar refractivity (Wildman–Crippen MR) is 85.7 cm³/mol. The highest BCUT2D eigenvalue weighted by Gasteiger charge is 2.39. The molecule has 126 valence electrons. The average Bonchev–Trinajstić information content (AvgIpc) is 3.14. The molecule has 1 atom stereocenters. The van der Waals surface area contributed by atoms with Crippen molar-refractivity contribution in [3.63, 3.8) is 0 Å². The van der Waals surface area contributed by atoms with Gasteiger partial charge in [0.05, 0.1) is 6.54 Å². The molecule has 1 aromatic rings. The molecular formula is C17H25N3O3. The fourth-order valence-electron chi connectivity index (χ4n) is 3.42. The van der Waals surface area contributed by atoms with Gasteiger partial charge in [-0.15, -0.1) is 0 Å². The molecule has 0 aromatic carbocycles. The molecule has 2 saturated heterocycles. The second kappa shape index (κ2) is 6.74. The summed E-state index contributed by atoms with van der Waals surface area (Å²) in [6.45, 7) is 8.77. The van der Waals surface area contributed by atoms with Crippen LogP contribution in [0.3, 0.4) is 0 Å². The number of furan rings is 1. The monoisotopic (exact) mass is 319 g/mol. The van der Waals surface area contributed by atoms with E-state index in [-0.39, 0.29) is 17.9 Å². The van der Waals surface area contributed by atoms with Gasteiger partial charge in [0.25, 0.3) is 0 Å². The van der Waals surface area contributed by atoms with Crippen molar-refractivity contribution in [3.8, 4) is 0 Å². The number of amides is 2. The van der Waals surface area contributed by atoms with Crippen molar-refractivity contribution in [2.45, 2.75) is 39.3 Å². The Morgan fingerprint density at radius 1 is 1.26 bits per heavy atom. The molecule has 0 saturated carbocycles. The lowest BCUT2D eigenvalue weighted by atomic mass is 10.1. The second-order valence-corrected chi connectivity index (χ2v) is 6.35. The van der Waals surface area contributed by atoms with Crippen molar-refractivity contribution < 1.29 is 14.0 Å². The molecule has 1 aromatic heterocycles. The van der Waals surface area contributed by atoms with Crippen LogP contribution in [0.2, 0.25) is 0 Å². The molecule has 0 radical (unpaired) electrons. The summed E-state index contributed by atoms with van der Waals surface area (Å²) in [5, 5.41) is 0. The van der Waals surface area contributed by atoms with E-state index in [0.717, 1.165) is 44.2 Å². The second-order valence-electron chi connectivity index (χ2n) is 6.35. The highest BCUT2D eigenvalue weighted by Crippen LogP contribution is 2.24. The molecule has 2 aliphatic rings. The molecule has 0 spiro atoms. The van der Waals surface area contributed by atoms with Crippen LogP contribution in [0, 0.1) is 6.92 Å². The predicted octanol–water partition coefficient (Wildman–Crippen LogP) is 1.24. The minimum Gasteiger partial charge on any atom is -0.464 e. The van der Waals surface area contributed by atoms with Gasteiger partial charge < -0.3 is 19.1 Å². The first-order chi connectivity index (χ1) is 11.1. The molecule has 3 rings (SSSR count). The van der Waals surface area contributed by atoms with Gasteiger partial charge in [-0.25, -0.2) is 0 Å². The fourth-order valence-corrected chi connectivity index (χ4v) is 3.42. The maximum Gasteiger partial charge on any atom is 0.245 e. The third-order valence-electron chi connectivity index (χ3n) is 4.87.